The summed E-state index contributed by atoms with van der Waals surface area (Å²) in [7, 11) is 0. The van der Waals surface area contributed by atoms with Gasteiger partial charge in [0.2, 0.25) is 11.8 Å². The topological polar surface area (TPSA) is 90.7 Å². The molecule has 0 spiro atoms. The molecule has 0 saturated carbocycles. The average Bonchev–Trinajstić information content (AvgIpc) is 3.27. The maximum Gasteiger partial charge on any atom is 0.246 e. The summed E-state index contributed by atoms with van der Waals surface area (Å²) in [5, 5.41) is 16.6. The molecule has 9 heteroatoms. The highest BCUT2D eigenvalue weighted by atomic mass is 19.1. The largest absolute Gasteiger partial charge is 0.508 e. The third-order valence-electron chi connectivity index (χ3n) is 6.18. The summed E-state index contributed by atoms with van der Waals surface area (Å²) >= 11 is 0. The molecule has 0 bridgehead atoms. The molecule has 2 atom stereocenters. The lowest BCUT2D eigenvalue weighted by Crippen LogP contribution is -2.69. The molecule has 0 aliphatic carbocycles. The zero-order chi connectivity index (χ0) is 22.9. The molecule has 2 amide bonds. The lowest BCUT2D eigenvalue weighted by molar-refractivity contribution is -0.153. The molecule has 0 unspecified atom stereocenters. The molecule has 33 heavy (non-hydrogen) atoms. The number of phenols is 1. The number of para-hydroxylation sites is 1. The molecule has 2 aliphatic rings. The van der Waals surface area contributed by atoms with Gasteiger partial charge in [0, 0.05) is 44.4 Å². The zero-order valence-corrected chi connectivity index (χ0v) is 17.9. The molecule has 3 aromatic rings. The highest BCUT2D eigenvalue weighted by molar-refractivity contribution is 5.97. The van der Waals surface area contributed by atoms with E-state index in [1.807, 2.05) is 0 Å². The molecule has 170 valence electrons. The first-order valence-corrected chi connectivity index (χ1v) is 10.9. The van der Waals surface area contributed by atoms with Gasteiger partial charge in [0.15, 0.2) is 0 Å². The minimum absolute atomic E-state index is 0.0836. The van der Waals surface area contributed by atoms with Crippen LogP contribution in [-0.4, -0.2) is 68.2 Å². The Bertz CT molecular complexity index is 1180. The van der Waals surface area contributed by atoms with Gasteiger partial charge in [-0.2, -0.15) is 5.10 Å². The SMILES string of the molecule is O=C1N[C@H](Cc2ccc(O)cc2)C(=O)N2CCN(Cc3cnn(-c4ccccc4F)c3)C[C@H]12. The second-order valence-corrected chi connectivity index (χ2v) is 8.46. The van der Waals surface area contributed by atoms with Crippen molar-refractivity contribution >= 4 is 11.8 Å². The molecule has 2 fully saturated rings. The van der Waals surface area contributed by atoms with Gasteiger partial charge in [-0.1, -0.05) is 24.3 Å². The first kappa shape index (κ1) is 21.1. The molecular formula is C24H24FN5O3. The molecule has 8 nitrogen and oxygen atoms in total. The Kier molecular flexibility index (Phi) is 5.55. The number of hydrogen-bond donors (Lipinski definition) is 2. The summed E-state index contributed by atoms with van der Waals surface area (Å²) < 4.78 is 15.5. The van der Waals surface area contributed by atoms with Crippen LogP contribution in [0.1, 0.15) is 11.1 Å². The number of nitrogens with one attached hydrogen (secondary N) is 1. The molecule has 2 saturated heterocycles. The predicted octanol–water partition coefficient (Wildman–Crippen LogP) is 1.47. The Morgan fingerprint density at radius 2 is 1.85 bits per heavy atom. The molecule has 2 N–H and O–H groups in total. The van der Waals surface area contributed by atoms with Crippen molar-refractivity contribution in [1.82, 2.24) is 24.9 Å². The van der Waals surface area contributed by atoms with Crippen LogP contribution in [0, 0.1) is 5.82 Å². The van der Waals surface area contributed by atoms with Crippen LogP contribution in [-0.2, 0) is 22.6 Å². The number of benzene rings is 2. The van der Waals surface area contributed by atoms with E-state index in [9.17, 15) is 19.1 Å². The van der Waals surface area contributed by atoms with Gasteiger partial charge >= 0.3 is 0 Å². The minimum Gasteiger partial charge on any atom is -0.508 e. The van der Waals surface area contributed by atoms with E-state index in [1.165, 1.54) is 10.7 Å². The van der Waals surface area contributed by atoms with Gasteiger partial charge in [-0.25, -0.2) is 9.07 Å². The second kappa shape index (κ2) is 8.67. The van der Waals surface area contributed by atoms with Crippen LogP contribution in [0.2, 0.25) is 0 Å². The van der Waals surface area contributed by atoms with Crippen molar-refractivity contribution in [3.63, 3.8) is 0 Å². The van der Waals surface area contributed by atoms with Crippen molar-refractivity contribution in [2.24, 2.45) is 0 Å². The average molecular weight is 449 g/mol. The van der Waals surface area contributed by atoms with Crippen molar-refractivity contribution in [2.45, 2.75) is 25.0 Å². The molecule has 2 aliphatic heterocycles. The van der Waals surface area contributed by atoms with Crippen LogP contribution >= 0.6 is 0 Å². The van der Waals surface area contributed by atoms with Gasteiger partial charge in [0.05, 0.1) is 6.20 Å². The number of piperazine rings is 2. The number of carbonyl (C=O) groups excluding carboxylic acids is 2. The number of halogens is 1. The fourth-order valence-electron chi connectivity index (χ4n) is 4.48. The number of fused-ring (bicyclic) bond motifs is 1. The van der Waals surface area contributed by atoms with Gasteiger partial charge in [-0.3, -0.25) is 14.5 Å². The van der Waals surface area contributed by atoms with E-state index in [4.69, 9.17) is 0 Å². The summed E-state index contributed by atoms with van der Waals surface area (Å²) in [6, 6.07) is 11.9. The maximum atomic E-state index is 14.0. The summed E-state index contributed by atoms with van der Waals surface area (Å²) in [5.41, 5.74) is 2.15. The van der Waals surface area contributed by atoms with Crippen LogP contribution in [0.3, 0.4) is 0 Å². The van der Waals surface area contributed by atoms with Gasteiger partial charge in [0.25, 0.3) is 0 Å². The number of carbonyl (C=O) groups is 2. The smallest absolute Gasteiger partial charge is 0.246 e. The highest BCUT2D eigenvalue weighted by Gasteiger charge is 2.43. The van der Waals surface area contributed by atoms with E-state index in [2.05, 4.69) is 15.3 Å². The highest BCUT2D eigenvalue weighted by Crippen LogP contribution is 2.21. The standard InChI is InChI=1S/C24H24FN5O3/c25-19-3-1-2-4-21(19)30-14-17(12-26-30)13-28-9-10-29-22(15-28)23(32)27-20(24(29)33)11-16-5-7-18(31)8-6-16/h1-8,12,14,20,22,31H,9-11,13,15H2,(H,27,32)/t20-,22-/m1/s1. The van der Waals surface area contributed by atoms with E-state index in [-0.39, 0.29) is 23.4 Å². The van der Waals surface area contributed by atoms with Gasteiger partial charge in [-0.15, -0.1) is 0 Å². The van der Waals surface area contributed by atoms with Crippen molar-refractivity contribution in [1.29, 1.82) is 0 Å². The van der Waals surface area contributed by atoms with Crippen LogP contribution in [0.4, 0.5) is 4.39 Å². The predicted molar refractivity (Wildman–Crippen MR) is 118 cm³/mol. The third kappa shape index (κ3) is 4.31. The van der Waals surface area contributed by atoms with Crippen molar-refractivity contribution < 1.29 is 19.1 Å². The minimum atomic E-state index is -0.608. The summed E-state index contributed by atoms with van der Waals surface area (Å²) in [6.07, 6.45) is 3.86. The summed E-state index contributed by atoms with van der Waals surface area (Å²) in [6.45, 7) is 2.07. The van der Waals surface area contributed by atoms with Crippen LogP contribution < -0.4 is 5.32 Å². The monoisotopic (exact) mass is 449 g/mol. The fraction of sp³-hybridized carbons (Fsp3) is 0.292. The molecule has 2 aromatic carbocycles. The number of phenolic OH excluding ortho intramolecular Hbond substituents is 1. The van der Waals surface area contributed by atoms with Gasteiger partial charge < -0.3 is 15.3 Å². The van der Waals surface area contributed by atoms with E-state index >= 15 is 0 Å². The number of aromatic hydroxyl groups is 1. The first-order chi connectivity index (χ1) is 16.0. The Morgan fingerprint density at radius 1 is 1.06 bits per heavy atom. The zero-order valence-electron chi connectivity index (χ0n) is 17.9. The van der Waals surface area contributed by atoms with Crippen molar-refractivity contribution in [3.8, 4) is 11.4 Å². The molecule has 0 radical (unpaired) electrons. The molecule has 5 rings (SSSR count). The molecular weight excluding hydrogens is 425 g/mol. The second-order valence-electron chi connectivity index (χ2n) is 8.46. The third-order valence-corrected chi connectivity index (χ3v) is 6.18. The van der Waals surface area contributed by atoms with Gasteiger partial charge in [0.1, 0.15) is 29.3 Å². The number of nitrogens with zero attached hydrogens (tertiary/aromatic N) is 4. The van der Waals surface area contributed by atoms with E-state index < -0.39 is 12.1 Å². The van der Waals surface area contributed by atoms with Gasteiger partial charge in [-0.05, 0) is 29.8 Å². The fourth-order valence-corrected chi connectivity index (χ4v) is 4.48. The first-order valence-electron chi connectivity index (χ1n) is 10.9. The van der Waals surface area contributed by atoms with Crippen LogP contribution in [0.25, 0.3) is 5.69 Å². The van der Waals surface area contributed by atoms with Crippen molar-refractivity contribution in [3.05, 3.63) is 77.9 Å². The Labute approximate surface area is 190 Å². The van der Waals surface area contributed by atoms with E-state index in [0.29, 0.717) is 38.3 Å². The van der Waals surface area contributed by atoms with Crippen molar-refractivity contribution in [2.75, 3.05) is 19.6 Å². The van der Waals surface area contributed by atoms with Crippen LogP contribution in [0.15, 0.2) is 60.9 Å². The van der Waals surface area contributed by atoms with E-state index in [0.717, 1.165) is 11.1 Å². The maximum absolute atomic E-state index is 14.0. The normalized spacial score (nSPS) is 21.1. The summed E-state index contributed by atoms with van der Waals surface area (Å²) in [4.78, 5) is 29.6. The quantitative estimate of drug-likeness (QED) is 0.616. The number of aromatic nitrogens is 2. The molecule has 1 aromatic heterocycles. The number of rotatable bonds is 5. The summed E-state index contributed by atoms with van der Waals surface area (Å²) in [5.74, 6) is -0.432. The van der Waals surface area contributed by atoms with Crippen LogP contribution in [0.5, 0.6) is 5.75 Å². The number of hydrogen-bond acceptors (Lipinski definition) is 5. The van der Waals surface area contributed by atoms with E-state index in [1.54, 1.807) is 59.8 Å². The Hall–Kier alpha value is -3.72. The Balaban J connectivity index is 1.23. The number of amides is 2. The lowest BCUT2D eigenvalue weighted by atomic mass is 9.98. The Morgan fingerprint density at radius 3 is 2.64 bits per heavy atom. The lowest BCUT2D eigenvalue weighted by Gasteiger charge is -2.45. The molecule has 3 heterocycles.